The van der Waals surface area contributed by atoms with Gasteiger partial charge in [0, 0.05) is 42.9 Å². The zero-order valence-electron chi connectivity index (χ0n) is 32.0. The molecule has 0 aliphatic carbocycles. The van der Waals surface area contributed by atoms with Crippen molar-refractivity contribution in [3.05, 3.63) is 71.9 Å². The minimum absolute atomic E-state index is 0.00252. The maximum Gasteiger partial charge on any atom is 0.245 e. The molecule has 300 valence electrons. The maximum atomic E-state index is 14.4. The second-order valence-electron chi connectivity index (χ2n) is 14.8. The van der Waals surface area contributed by atoms with E-state index in [0.717, 1.165) is 16.5 Å². The van der Waals surface area contributed by atoms with E-state index in [4.69, 9.17) is 5.73 Å². The lowest BCUT2D eigenvalue weighted by Gasteiger charge is -2.31. The first kappa shape index (κ1) is 41.8. The van der Waals surface area contributed by atoms with Crippen molar-refractivity contribution in [1.82, 2.24) is 36.5 Å². The van der Waals surface area contributed by atoms with Gasteiger partial charge < -0.3 is 42.2 Å². The lowest BCUT2D eigenvalue weighted by atomic mass is 10.00. The Morgan fingerprint density at radius 3 is 2.04 bits per heavy atom. The van der Waals surface area contributed by atoms with Crippen LogP contribution in [0.3, 0.4) is 0 Å². The van der Waals surface area contributed by atoms with Crippen LogP contribution in [-0.4, -0.2) is 106 Å². The summed E-state index contributed by atoms with van der Waals surface area (Å²) >= 11 is 1.46. The summed E-state index contributed by atoms with van der Waals surface area (Å²) in [5.74, 6) is -3.90. The molecule has 2 saturated heterocycles. The molecule has 6 atom stereocenters. The number of H-pyrrole nitrogens is 1. The molecule has 0 saturated carbocycles. The van der Waals surface area contributed by atoms with E-state index in [-0.39, 0.29) is 51.0 Å². The second kappa shape index (κ2) is 19.5. The molecule has 2 aliphatic heterocycles. The van der Waals surface area contributed by atoms with Gasteiger partial charge in [0.15, 0.2) is 0 Å². The van der Waals surface area contributed by atoms with Crippen LogP contribution >= 0.6 is 11.8 Å². The van der Waals surface area contributed by atoms with Crippen molar-refractivity contribution < 1.29 is 33.6 Å². The SMILES string of the molecule is CSCC[C@@H]1NC(=O)[C@H](CC(C)C)N2CC[C@@H](NC(=O)[C@H](Cc3ccccc3)NC(=O)[C@H](Cc3c[nH]c4ccccc34)NC(=O)[C@H](CCC(N)=O)NC1=O)C2=O. The number of hydrogen-bond acceptors (Lipinski definition) is 8. The second-order valence-corrected chi connectivity index (χ2v) is 15.8. The molecule has 2 aromatic carbocycles. The van der Waals surface area contributed by atoms with E-state index in [2.05, 4.69) is 31.6 Å². The summed E-state index contributed by atoms with van der Waals surface area (Å²) in [5, 5.41) is 14.8. The minimum atomic E-state index is -1.32. The Morgan fingerprint density at radius 1 is 0.768 bits per heavy atom. The Morgan fingerprint density at radius 2 is 1.36 bits per heavy atom. The van der Waals surface area contributed by atoms with E-state index in [9.17, 15) is 33.6 Å². The molecular formula is C40H52N8O7S. The third-order valence-corrected chi connectivity index (χ3v) is 10.8. The lowest BCUT2D eigenvalue weighted by Crippen LogP contribution is -2.61. The molecule has 1 aromatic heterocycles. The van der Waals surface area contributed by atoms with Gasteiger partial charge in [-0.1, -0.05) is 62.4 Å². The number of aromatic amines is 1. The predicted octanol–water partition coefficient (Wildman–Crippen LogP) is 1.06. The quantitative estimate of drug-likeness (QED) is 0.140. The summed E-state index contributed by atoms with van der Waals surface area (Å²) in [6.45, 7) is 4.02. The van der Waals surface area contributed by atoms with Crippen LogP contribution in [0.2, 0.25) is 0 Å². The predicted molar refractivity (Wildman–Crippen MR) is 213 cm³/mol. The highest BCUT2D eigenvalue weighted by Crippen LogP contribution is 2.22. The molecule has 0 unspecified atom stereocenters. The highest BCUT2D eigenvalue weighted by atomic mass is 32.2. The average molecular weight is 789 g/mol. The van der Waals surface area contributed by atoms with Gasteiger partial charge in [0.25, 0.3) is 0 Å². The first-order valence-corrected chi connectivity index (χ1v) is 20.4. The molecule has 3 aromatic rings. The largest absolute Gasteiger partial charge is 0.370 e. The minimum Gasteiger partial charge on any atom is -0.370 e. The van der Waals surface area contributed by atoms with Crippen LogP contribution in [0.15, 0.2) is 60.8 Å². The van der Waals surface area contributed by atoms with Crippen molar-refractivity contribution >= 4 is 64.0 Å². The van der Waals surface area contributed by atoms with E-state index in [0.29, 0.717) is 17.7 Å². The number of benzene rings is 2. The van der Waals surface area contributed by atoms with Gasteiger partial charge in [-0.25, -0.2) is 0 Å². The number of nitrogens with zero attached hydrogens (tertiary/aromatic N) is 1. The number of nitrogens with one attached hydrogen (secondary N) is 6. The monoisotopic (exact) mass is 788 g/mol. The molecular weight excluding hydrogens is 737 g/mol. The number of para-hydroxylation sites is 1. The molecule has 56 heavy (non-hydrogen) atoms. The van der Waals surface area contributed by atoms with E-state index < -0.39 is 77.6 Å². The van der Waals surface area contributed by atoms with E-state index in [1.165, 1.54) is 16.7 Å². The molecule has 0 spiro atoms. The molecule has 2 aliphatic rings. The fraction of sp³-hybridized carbons (Fsp3) is 0.475. The average Bonchev–Trinajstić information content (AvgIpc) is 3.75. The lowest BCUT2D eigenvalue weighted by molar-refractivity contribution is -0.141. The molecule has 3 heterocycles. The van der Waals surface area contributed by atoms with Crippen LogP contribution in [0.1, 0.15) is 57.1 Å². The van der Waals surface area contributed by atoms with Gasteiger partial charge in [0.1, 0.15) is 36.3 Å². The van der Waals surface area contributed by atoms with E-state index in [1.54, 1.807) is 18.3 Å². The van der Waals surface area contributed by atoms with Gasteiger partial charge in [-0.05, 0) is 60.8 Å². The Bertz CT molecular complexity index is 1900. The number of nitrogens with two attached hydrogens (primary N) is 1. The highest BCUT2D eigenvalue weighted by Gasteiger charge is 2.42. The summed E-state index contributed by atoms with van der Waals surface area (Å²) in [6.07, 6.45) is 3.95. The van der Waals surface area contributed by atoms with Crippen molar-refractivity contribution in [1.29, 1.82) is 0 Å². The summed E-state index contributed by atoms with van der Waals surface area (Å²) < 4.78 is 0. The number of carbonyl (C=O) groups excluding carboxylic acids is 7. The van der Waals surface area contributed by atoms with Crippen LogP contribution in [0.25, 0.3) is 10.9 Å². The van der Waals surface area contributed by atoms with Crippen molar-refractivity contribution in [3.8, 4) is 0 Å². The number of aromatic nitrogens is 1. The van der Waals surface area contributed by atoms with Crippen molar-refractivity contribution in [2.75, 3.05) is 18.6 Å². The highest BCUT2D eigenvalue weighted by molar-refractivity contribution is 7.98. The first-order valence-electron chi connectivity index (χ1n) is 19.0. The molecule has 0 radical (unpaired) electrons. The van der Waals surface area contributed by atoms with Gasteiger partial charge in [-0.2, -0.15) is 11.8 Å². The molecule has 2 bridgehead atoms. The molecule has 2 fully saturated rings. The summed E-state index contributed by atoms with van der Waals surface area (Å²) in [4.78, 5) is 101. The fourth-order valence-corrected chi connectivity index (χ4v) is 7.64. The van der Waals surface area contributed by atoms with Crippen molar-refractivity contribution in [2.24, 2.45) is 11.7 Å². The number of thioether (sulfide) groups is 1. The normalized spacial score (nSPS) is 24.2. The topological polar surface area (TPSA) is 225 Å². The summed E-state index contributed by atoms with van der Waals surface area (Å²) in [7, 11) is 0. The number of rotatable bonds is 12. The summed E-state index contributed by atoms with van der Waals surface area (Å²) in [6, 6.07) is 9.79. The zero-order valence-corrected chi connectivity index (χ0v) is 32.8. The fourth-order valence-electron chi connectivity index (χ4n) is 7.17. The number of primary amides is 1. The van der Waals surface area contributed by atoms with Gasteiger partial charge in [0.2, 0.25) is 41.4 Å². The third kappa shape index (κ3) is 10.9. The Hall–Kier alpha value is -5.38. The Balaban J connectivity index is 1.56. The smallest absolute Gasteiger partial charge is 0.245 e. The van der Waals surface area contributed by atoms with Crippen LogP contribution in [0.5, 0.6) is 0 Å². The van der Waals surface area contributed by atoms with Crippen LogP contribution in [0.4, 0.5) is 0 Å². The number of carbonyl (C=O) groups is 7. The molecule has 15 nitrogen and oxygen atoms in total. The standard InChI is InChI=1S/C40H52N8O7S/c1-23(2)19-33-39(54)44-29(16-18-56-3)36(51)43-28(13-14-34(41)49)35(50)47-32(21-25-22-42-27-12-8-7-11-26(25)27)38(53)46-31(20-24-9-5-4-6-10-24)37(52)45-30-15-17-48(33)40(30)55/h4-12,22-23,28-33,42H,13-21H2,1-3H3,(H2,41,49)(H,43,51)(H,44,54)(H,45,52)(H,46,53)(H,47,50)/t28-,29-,30+,31-,32-,33-/m0/s1. The summed E-state index contributed by atoms with van der Waals surface area (Å²) in [5.41, 5.74) is 7.73. The Kier molecular flexibility index (Phi) is 14.5. The third-order valence-electron chi connectivity index (χ3n) is 10.1. The first-order chi connectivity index (χ1) is 26.8. The van der Waals surface area contributed by atoms with Crippen LogP contribution in [0, 0.1) is 5.92 Å². The van der Waals surface area contributed by atoms with E-state index >= 15 is 0 Å². The zero-order chi connectivity index (χ0) is 40.4. The number of amides is 7. The van der Waals surface area contributed by atoms with Crippen LogP contribution < -0.4 is 32.3 Å². The maximum absolute atomic E-state index is 14.4. The number of hydrogen-bond donors (Lipinski definition) is 7. The number of fused-ring (bicyclic) bond motifs is 3. The Labute approximate surface area is 330 Å². The van der Waals surface area contributed by atoms with E-state index in [1.807, 2.05) is 62.6 Å². The molecule has 7 amide bonds. The van der Waals surface area contributed by atoms with Gasteiger partial charge >= 0.3 is 0 Å². The van der Waals surface area contributed by atoms with Gasteiger partial charge in [0.05, 0.1) is 0 Å². The van der Waals surface area contributed by atoms with Crippen LogP contribution in [-0.2, 0) is 46.4 Å². The molecule has 5 rings (SSSR count). The van der Waals surface area contributed by atoms with Gasteiger partial charge in [-0.3, -0.25) is 33.6 Å². The van der Waals surface area contributed by atoms with Gasteiger partial charge in [-0.15, -0.1) is 0 Å². The van der Waals surface area contributed by atoms with Crippen molar-refractivity contribution in [2.45, 2.75) is 95.0 Å². The molecule has 8 N–H and O–H groups in total. The molecule has 16 heteroatoms. The van der Waals surface area contributed by atoms with Crippen molar-refractivity contribution in [3.63, 3.8) is 0 Å².